The van der Waals surface area contributed by atoms with Gasteiger partial charge in [-0.25, -0.2) is 0 Å². The van der Waals surface area contributed by atoms with Crippen LogP contribution in [0.1, 0.15) is 45.1 Å². The van der Waals surface area contributed by atoms with E-state index in [1.54, 1.807) is 0 Å². The van der Waals surface area contributed by atoms with Crippen molar-refractivity contribution < 1.29 is 4.79 Å². The van der Waals surface area contributed by atoms with Crippen molar-refractivity contribution in [2.75, 3.05) is 0 Å². The summed E-state index contributed by atoms with van der Waals surface area (Å²) in [7, 11) is 0. The summed E-state index contributed by atoms with van der Waals surface area (Å²) in [6.07, 6.45) is 3.17. The van der Waals surface area contributed by atoms with E-state index in [4.69, 9.17) is 11.6 Å². The molecule has 110 valence electrons. The van der Waals surface area contributed by atoms with Crippen LogP contribution in [0.2, 0.25) is 5.02 Å². The van der Waals surface area contributed by atoms with Gasteiger partial charge in [0.2, 0.25) is 5.91 Å². The van der Waals surface area contributed by atoms with E-state index in [0.29, 0.717) is 11.4 Å². The zero-order valence-electron chi connectivity index (χ0n) is 12.4. The summed E-state index contributed by atoms with van der Waals surface area (Å²) in [4.78, 5) is 14.5. The smallest absolute Gasteiger partial charge is 0.223 e. The fraction of sp³-hybridized carbons (Fsp3) is 0.529. The SMILES string of the molecule is CC(C)(C#N)[C@H]1CC[C@]2(c3cccc(Cl)c3)CCC(=O)N12. The predicted molar refractivity (Wildman–Crippen MR) is 81.6 cm³/mol. The zero-order chi connectivity index (χ0) is 15.3. The average molecular weight is 303 g/mol. The third-order valence-corrected chi connectivity index (χ3v) is 5.34. The summed E-state index contributed by atoms with van der Waals surface area (Å²) < 4.78 is 0. The minimum atomic E-state index is -0.527. The molecule has 0 aliphatic carbocycles. The number of hydrogen-bond acceptors (Lipinski definition) is 2. The second-order valence-corrected chi connectivity index (χ2v) is 7.13. The third kappa shape index (κ3) is 2.05. The number of carbonyl (C=O) groups excluding carboxylic acids is 1. The number of nitriles is 1. The molecule has 2 saturated heterocycles. The van der Waals surface area contributed by atoms with Crippen LogP contribution in [0.4, 0.5) is 0 Å². The molecule has 2 aliphatic heterocycles. The van der Waals surface area contributed by atoms with E-state index < -0.39 is 5.41 Å². The number of fused-ring (bicyclic) bond motifs is 1. The van der Waals surface area contributed by atoms with Crippen molar-refractivity contribution >= 4 is 17.5 Å². The fourth-order valence-corrected chi connectivity index (χ4v) is 4.17. The molecule has 0 N–H and O–H groups in total. The number of rotatable bonds is 2. The number of carbonyl (C=O) groups is 1. The molecule has 0 saturated carbocycles. The first-order chi connectivity index (χ1) is 9.90. The van der Waals surface area contributed by atoms with Crippen molar-refractivity contribution in [2.45, 2.75) is 51.1 Å². The Kier molecular flexibility index (Phi) is 3.26. The van der Waals surface area contributed by atoms with Gasteiger partial charge < -0.3 is 4.90 Å². The Hall–Kier alpha value is -1.53. The molecular formula is C17H19ClN2O. The highest BCUT2D eigenvalue weighted by molar-refractivity contribution is 6.30. The Labute approximate surface area is 130 Å². The molecule has 4 heteroatoms. The molecule has 2 aliphatic rings. The Morgan fingerprint density at radius 2 is 2.19 bits per heavy atom. The van der Waals surface area contributed by atoms with E-state index in [1.165, 1.54) is 0 Å². The quantitative estimate of drug-likeness (QED) is 0.832. The van der Waals surface area contributed by atoms with E-state index in [1.807, 2.05) is 36.9 Å². The summed E-state index contributed by atoms with van der Waals surface area (Å²) in [6.45, 7) is 3.86. The van der Waals surface area contributed by atoms with Gasteiger partial charge in [-0.1, -0.05) is 23.7 Å². The Morgan fingerprint density at radius 1 is 1.43 bits per heavy atom. The highest BCUT2D eigenvalue weighted by Gasteiger charge is 2.57. The molecule has 0 unspecified atom stereocenters. The van der Waals surface area contributed by atoms with Gasteiger partial charge in [-0.15, -0.1) is 0 Å². The van der Waals surface area contributed by atoms with Gasteiger partial charge in [0.1, 0.15) is 0 Å². The van der Waals surface area contributed by atoms with Crippen LogP contribution in [0.5, 0.6) is 0 Å². The van der Waals surface area contributed by atoms with Gasteiger partial charge in [-0.05, 0) is 50.8 Å². The molecule has 1 aromatic carbocycles. The maximum absolute atomic E-state index is 12.5. The monoisotopic (exact) mass is 302 g/mol. The van der Waals surface area contributed by atoms with Crippen molar-refractivity contribution in [3.8, 4) is 6.07 Å². The van der Waals surface area contributed by atoms with Crippen molar-refractivity contribution in [3.05, 3.63) is 34.9 Å². The lowest BCUT2D eigenvalue weighted by molar-refractivity contribution is -0.133. The van der Waals surface area contributed by atoms with Crippen molar-refractivity contribution in [3.63, 3.8) is 0 Å². The number of nitrogens with zero attached hydrogens (tertiary/aromatic N) is 2. The second-order valence-electron chi connectivity index (χ2n) is 6.69. The van der Waals surface area contributed by atoms with Gasteiger partial charge in [-0.3, -0.25) is 4.79 Å². The average Bonchev–Trinajstić information content (AvgIpc) is 2.99. The molecule has 1 aromatic rings. The normalized spacial score (nSPS) is 28.6. The lowest BCUT2D eigenvalue weighted by atomic mass is 9.84. The topological polar surface area (TPSA) is 44.1 Å². The van der Waals surface area contributed by atoms with Gasteiger partial charge >= 0.3 is 0 Å². The van der Waals surface area contributed by atoms with Crippen molar-refractivity contribution in [2.24, 2.45) is 5.41 Å². The van der Waals surface area contributed by atoms with Crippen LogP contribution in [0.3, 0.4) is 0 Å². The summed E-state index contributed by atoms with van der Waals surface area (Å²) >= 11 is 6.14. The highest BCUT2D eigenvalue weighted by atomic mass is 35.5. The van der Waals surface area contributed by atoms with E-state index in [-0.39, 0.29) is 17.5 Å². The van der Waals surface area contributed by atoms with Crippen LogP contribution in [0.15, 0.2) is 24.3 Å². The maximum Gasteiger partial charge on any atom is 0.223 e. The summed E-state index contributed by atoms with van der Waals surface area (Å²) in [5.41, 5.74) is 0.318. The number of halogens is 1. The van der Waals surface area contributed by atoms with Crippen molar-refractivity contribution in [1.29, 1.82) is 5.26 Å². The van der Waals surface area contributed by atoms with Crippen molar-refractivity contribution in [1.82, 2.24) is 4.90 Å². The molecule has 3 nitrogen and oxygen atoms in total. The van der Waals surface area contributed by atoms with Crippen LogP contribution in [-0.2, 0) is 10.3 Å². The van der Waals surface area contributed by atoms with Gasteiger partial charge in [0, 0.05) is 11.4 Å². The van der Waals surface area contributed by atoms with Crippen LogP contribution < -0.4 is 0 Å². The predicted octanol–water partition coefficient (Wildman–Crippen LogP) is 3.87. The van der Waals surface area contributed by atoms with Gasteiger partial charge in [0.15, 0.2) is 0 Å². The minimum absolute atomic E-state index is 0.0171. The number of hydrogen-bond donors (Lipinski definition) is 0. The summed E-state index contributed by atoms with van der Waals surface area (Å²) in [6, 6.07) is 10.2. The summed E-state index contributed by atoms with van der Waals surface area (Å²) in [5, 5.41) is 10.1. The zero-order valence-corrected chi connectivity index (χ0v) is 13.2. The molecule has 2 heterocycles. The molecule has 1 amide bonds. The first-order valence-electron chi connectivity index (χ1n) is 7.40. The minimum Gasteiger partial charge on any atom is -0.328 e. The fourth-order valence-electron chi connectivity index (χ4n) is 3.98. The standard InChI is InChI=1S/C17H19ClN2O/c1-16(2,11-19)14-6-8-17(9-7-15(21)20(14)17)12-4-3-5-13(18)10-12/h3-5,10,14H,6-9H2,1-2H3/t14-,17-/m1/s1. The maximum atomic E-state index is 12.5. The highest BCUT2D eigenvalue weighted by Crippen LogP contribution is 2.53. The molecule has 0 aromatic heterocycles. The van der Waals surface area contributed by atoms with E-state index in [9.17, 15) is 10.1 Å². The molecule has 2 atom stereocenters. The molecule has 0 bridgehead atoms. The third-order valence-electron chi connectivity index (χ3n) is 5.11. The summed E-state index contributed by atoms with van der Waals surface area (Å²) in [5.74, 6) is 0.167. The second kappa shape index (κ2) is 4.74. The Bertz CT molecular complexity index is 634. The lowest BCUT2D eigenvalue weighted by Crippen LogP contribution is -2.48. The van der Waals surface area contributed by atoms with E-state index in [2.05, 4.69) is 12.1 Å². The molecule has 2 fully saturated rings. The number of benzene rings is 1. The van der Waals surface area contributed by atoms with Crippen LogP contribution in [0.25, 0.3) is 0 Å². The number of amides is 1. The van der Waals surface area contributed by atoms with Crippen LogP contribution >= 0.6 is 11.6 Å². The first-order valence-corrected chi connectivity index (χ1v) is 7.78. The first kappa shape index (κ1) is 14.4. The van der Waals surface area contributed by atoms with E-state index >= 15 is 0 Å². The molecule has 21 heavy (non-hydrogen) atoms. The largest absolute Gasteiger partial charge is 0.328 e. The van der Waals surface area contributed by atoms with Crippen LogP contribution in [-0.4, -0.2) is 16.8 Å². The van der Waals surface area contributed by atoms with Gasteiger partial charge in [0.05, 0.1) is 23.1 Å². The molecular weight excluding hydrogens is 284 g/mol. The Morgan fingerprint density at radius 3 is 2.86 bits per heavy atom. The Balaban J connectivity index is 2.07. The van der Waals surface area contributed by atoms with Crippen LogP contribution in [0, 0.1) is 16.7 Å². The molecule has 0 radical (unpaired) electrons. The molecule has 0 spiro atoms. The van der Waals surface area contributed by atoms with Gasteiger partial charge in [-0.2, -0.15) is 5.26 Å². The lowest BCUT2D eigenvalue weighted by Gasteiger charge is -2.39. The molecule has 3 rings (SSSR count). The van der Waals surface area contributed by atoms with E-state index in [0.717, 1.165) is 24.8 Å². The van der Waals surface area contributed by atoms with Gasteiger partial charge in [0.25, 0.3) is 0 Å².